The van der Waals surface area contributed by atoms with Gasteiger partial charge in [0.2, 0.25) is 5.91 Å². The molecule has 1 atom stereocenters. The summed E-state index contributed by atoms with van der Waals surface area (Å²) < 4.78 is 11.1. The van der Waals surface area contributed by atoms with Gasteiger partial charge in [0.1, 0.15) is 5.60 Å². The molecule has 2 amide bonds. The van der Waals surface area contributed by atoms with Crippen LogP contribution in [0.3, 0.4) is 0 Å². The second-order valence-electron chi connectivity index (χ2n) is 11.9. The van der Waals surface area contributed by atoms with Gasteiger partial charge in [0, 0.05) is 70.2 Å². The number of piperazine rings is 1. The Labute approximate surface area is 232 Å². The molecule has 3 aliphatic rings. The van der Waals surface area contributed by atoms with Gasteiger partial charge in [-0.25, -0.2) is 4.79 Å². The highest BCUT2D eigenvalue weighted by atomic mass is 16.6. The Kier molecular flexibility index (Phi) is 8.40. The zero-order valence-corrected chi connectivity index (χ0v) is 23.6. The number of rotatable bonds is 5. The molecule has 8 heteroatoms. The third-order valence-corrected chi connectivity index (χ3v) is 8.03. The number of benzene rings is 1. The van der Waals surface area contributed by atoms with E-state index < -0.39 is 5.60 Å². The average Bonchev–Trinajstić information content (AvgIpc) is 2.94. The van der Waals surface area contributed by atoms with Gasteiger partial charge in [-0.15, -0.1) is 0 Å². The number of hydrogen-bond acceptors (Lipinski definition) is 6. The molecule has 1 unspecified atom stereocenters. The Morgan fingerprint density at radius 3 is 2.41 bits per heavy atom. The highest BCUT2D eigenvalue weighted by molar-refractivity contribution is 5.96. The molecule has 2 aromatic rings. The first-order valence-electron chi connectivity index (χ1n) is 14.4. The molecule has 3 saturated heterocycles. The van der Waals surface area contributed by atoms with Gasteiger partial charge in [-0.2, -0.15) is 0 Å². The molecule has 0 bridgehead atoms. The van der Waals surface area contributed by atoms with E-state index in [1.807, 2.05) is 37.9 Å². The predicted octanol–water partition coefficient (Wildman–Crippen LogP) is 5.02. The van der Waals surface area contributed by atoms with Gasteiger partial charge in [0.15, 0.2) is 0 Å². The standard InChI is InChI=1S/C31H42N4O4/c1-31(2,3)39-30(37)34-18-16-33(17-19-34)28-7-4-14-32-27(28)22-25-6-5-15-35(29(25)36)26-10-8-23(9-11-26)24-12-20-38-21-13-24/h4,7-11,14,24-25H,5-6,12-13,15-22H2,1-3H3. The summed E-state index contributed by atoms with van der Waals surface area (Å²) in [6, 6.07) is 12.6. The van der Waals surface area contributed by atoms with E-state index in [9.17, 15) is 9.59 Å². The van der Waals surface area contributed by atoms with E-state index in [2.05, 4.69) is 35.2 Å². The monoisotopic (exact) mass is 534 g/mol. The number of carbonyl (C=O) groups is 2. The summed E-state index contributed by atoms with van der Waals surface area (Å²) in [6.07, 6.45) is 6.15. The lowest BCUT2D eigenvalue weighted by Gasteiger charge is -2.38. The first-order valence-corrected chi connectivity index (χ1v) is 14.4. The van der Waals surface area contributed by atoms with E-state index in [1.165, 1.54) is 5.56 Å². The van der Waals surface area contributed by atoms with Crippen LogP contribution in [0.4, 0.5) is 16.2 Å². The van der Waals surface area contributed by atoms with E-state index >= 15 is 0 Å². The molecule has 5 rings (SSSR count). The number of anilines is 2. The zero-order valence-electron chi connectivity index (χ0n) is 23.6. The van der Waals surface area contributed by atoms with Crippen LogP contribution in [-0.2, 0) is 20.7 Å². The van der Waals surface area contributed by atoms with Crippen LogP contribution >= 0.6 is 0 Å². The topological polar surface area (TPSA) is 75.2 Å². The van der Waals surface area contributed by atoms with Gasteiger partial charge in [0.25, 0.3) is 0 Å². The van der Waals surface area contributed by atoms with Crippen LogP contribution in [0, 0.1) is 5.92 Å². The third-order valence-electron chi connectivity index (χ3n) is 8.03. The van der Waals surface area contributed by atoms with Crippen molar-refractivity contribution in [3.8, 4) is 0 Å². The summed E-state index contributed by atoms with van der Waals surface area (Å²) in [5.74, 6) is 0.642. The molecule has 1 aromatic carbocycles. The lowest BCUT2D eigenvalue weighted by atomic mass is 9.90. The van der Waals surface area contributed by atoms with Crippen molar-refractivity contribution in [3.05, 3.63) is 53.9 Å². The second-order valence-corrected chi connectivity index (χ2v) is 11.9. The Balaban J connectivity index is 1.22. The number of hydrogen-bond donors (Lipinski definition) is 0. The van der Waals surface area contributed by atoms with Crippen LogP contribution in [0.1, 0.15) is 63.6 Å². The summed E-state index contributed by atoms with van der Waals surface area (Å²) in [6.45, 7) is 10.7. The minimum Gasteiger partial charge on any atom is -0.444 e. The fourth-order valence-electron chi connectivity index (χ4n) is 5.92. The molecule has 4 heterocycles. The molecule has 1 aromatic heterocycles. The maximum absolute atomic E-state index is 13.6. The molecule has 0 aliphatic carbocycles. The number of amides is 2. The molecule has 0 saturated carbocycles. The SMILES string of the molecule is CC(C)(C)OC(=O)N1CCN(c2cccnc2CC2CCCN(c3ccc(C4CCOCC4)cc3)C2=O)CC1. The third kappa shape index (κ3) is 6.72. The number of ether oxygens (including phenoxy) is 2. The van der Waals surface area contributed by atoms with Crippen molar-refractivity contribution in [1.29, 1.82) is 0 Å². The van der Waals surface area contributed by atoms with Gasteiger partial charge in [-0.05, 0) is 82.2 Å². The van der Waals surface area contributed by atoms with E-state index in [4.69, 9.17) is 14.5 Å². The Bertz CT molecular complexity index is 1130. The maximum Gasteiger partial charge on any atom is 0.410 e. The maximum atomic E-state index is 13.6. The Morgan fingerprint density at radius 1 is 1.00 bits per heavy atom. The van der Waals surface area contributed by atoms with Gasteiger partial charge in [-0.3, -0.25) is 9.78 Å². The summed E-state index contributed by atoms with van der Waals surface area (Å²) in [5, 5.41) is 0. The van der Waals surface area contributed by atoms with Crippen LogP contribution in [0.15, 0.2) is 42.6 Å². The van der Waals surface area contributed by atoms with Crippen molar-refractivity contribution < 1.29 is 19.1 Å². The van der Waals surface area contributed by atoms with Gasteiger partial charge in [0.05, 0.1) is 11.4 Å². The fourth-order valence-corrected chi connectivity index (χ4v) is 5.92. The molecule has 39 heavy (non-hydrogen) atoms. The van der Waals surface area contributed by atoms with Crippen molar-refractivity contribution in [2.45, 2.75) is 64.4 Å². The number of piperidine rings is 1. The second kappa shape index (κ2) is 11.9. The smallest absolute Gasteiger partial charge is 0.410 e. The molecule has 3 fully saturated rings. The Morgan fingerprint density at radius 2 is 1.72 bits per heavy atom. The molecule has 0 spiro atoms. The quantitative estimate of drug-likeness (QED) is 0.536. The van der Waals surface area contributed by atoms with Crippen LogP contribution in [0.25, 0.3) is 0 Å². The molecule has 210 valence electrons. The summed E-state index contributed by atoms with van der Waals surface area (Å²) in [5.41, 5.74) is 3.84. The summed E-state index contributed by atoms with van der Waals surface area (Å²) in [4.78, 5) is 36.9. The highest BCUT2D eigenvalue weighted by Gasteiger charge is 2.32. The molecule has 3 aliphatic heterocycles. The van der Waals surface area contributed by atoms with E-state index in [-0.39, 0.29) is 17.9 Å². The number of carbonyl (C=O) groups excluding carboxylic acids is 2. The molecule has 8 nitrogen and oxygen atoms in total. The minimum atomic E-state index is -0.502. The van der Waals surface area contributed by atoms with Gasteiger partial charge >= 0.3 is 6.09 Å². The summed E-state index contributed by atoms with van der Waals surface area (Å²) in [7, 11) is 0. The largest absolute Gasteiger partial charge is 0.444 e. The highest BCUT2D eigenvalue weighted by Crippen LogP contribution is 2.32. The van der Waals surface area contributed by atoms with Crippen molar-refractivity contribution >= 4 is 23.4 Å². The van der Waals surface area contributed by atoms with Crippen molar-refractivity contribution in [1.82, 2.24) is 9.88 Å². The normalized spacial score (nSPS) is 21.3. The number of pyridine rings is 1. The van der Waals surface area contributed by atoms with Crippen LogP contribution in [-0.4, -0.2) is 73.4 Å². The first kappa shape index (κ1) is 27.4. The first-order chi connectivity index (χ1) is 18.8. The van der Waals surface area contributed by atoms with Crippen LogP contribution in [0.2, 0.25) is 0 Å². The molecule has 0 N–H and O–H groups in total. The number of aromatic nitrogens is 1. The summed E-state index contributed by atoms with van der Waals surface area (Å²) >= 11 is 0. The van der Waals surface area contributed by atoms with Crippen molar-refractivity contribution in [3.63, 3.8) is 0 Å². The van der Waals surface area contributed by atoms with E-state index in [0.717, 1.165) is 62.5 Å². The zero-order chi connectivity index (χ0) is 27.4. The molecular formula is C31H42N4O4. The van der Waals surface area contributed by atoms with Crippen LogP contribution < -0.4 is 9.80 Å². The van der Waals surface area contributed by atoms with E-state index in [0.29, 0.717) is 38.5 Å². The van der Waals surface area contributed by atoms with Gasteiger partial charge in [-0.1, -0.05) is 12.1 Å². The average molecular weight is 535 g/mol. The van der Waals surface area contributed by atoms with E-state index in [1.54, 1.807) is 4.90 Å². The van der Waals surface area contributed by atoms with Crippen molar-refractivity contribution in [2.24, 2.45) is 5.92 Å². The fraction of sp³-hybridized carbons (Fsp3) is 0.581. The van der Waals surface area contributed by atoms with Gasteiger partial charge < -0.3 is 24.2 Å². The molecule has 0 radical (unpaired) electrons. The lowest BCUT2D eigenvalue weighted by Crippen LogP contribution is -2.50. The predicted molar refractivity (Wildman–Crippen MR) is 152 cm³/mol. The Hall–Kier alpha value is -3.13. The number of nitrogens with zero attached hydrogens (tertiary/aromatic N) is 4. The minimum absolute atomic E-state index is 0.0920. The molecular weight excluding hydrogens is 492 g/mol. The lowest BCUT2D eigenvalue weighted by molar-refractivity contribution is -0.123. The van der Waals surface area contributed by atoms with Crippen molar-refractivity contribution in [2.75, 3.05) is 55.7 Å². The van der Waals surface area contributed by atoms with Crippen LogP contribution in [0.5, 0.6) is 0 Å².